The van der Waals surface area contributed by atoms with Crippen LogP contribution < -0.4 is 9.47 Å². The molecular formula is C17H14I2N4O3S. The van der Waals surface area contributed by atoms with Gasteiger partial charge in [-0.2, -0.15) is 14.9 Å². The molecule has 10 heteroatoms. The van der Waals surface area contributed by atoms with Gasteiger partial charge < -0.3 is 14.6 Å². The Morgan fingerprint density at radius 1 is 1.19 bits per heavy atom. The predicted molar refractivity (Wildman–Crippen MR) is 122 cm³/mol. The van der Waals surface area contributed by atoms with Gasteiger partial charge in [0.25, 0.3) is 0 Å². The maximum atomic E-state index is 10.2. The molecule has 1 aromatic heterocycles. The molecular weight excluding hydrogens is 594 g/mol. The fraction of sp³-hybridized carbons (Fsp3) is 0.118. The summed E-state index contributed by atoms with van der Waals surface area (Å²) in [7, 11) is 3.14. The van der Waals surface area contributed by atoms with E-state index >= 15 is 0 Å². The van der Waals surface area contributed by atoms with Gasteiger partial charge in [0.15, 0.2) is 17.3 Å². The molecule has 3 rings (SSSR count). The molecule has 0 atom stereocenters. The Hall–Kier alpha value is -1.67. The van der Waals surface area contributed by atoms with Crippen LogP contribution in [0.5, 0.6) is 17.2 Å². The van der Waals surface area contributed by atoms with E-state index in [1.54, 1.807) is 32.6 Å². The zero-order chi connectivity index (χ0) is 19.6. The first-order valence-corrected chi connectivity index (χ1v) is 10.1. The zero-order valence-corrected chi connectivity index (χ0v) is 19.4. The fourth-order valence-electron chi connectivity index (χ4n) is 2.37. The number of phenols is 1. The standard InChI is InChI=1S/C17H14I2N4O3S/c1-25-13-4-3-9(6-14(13)26-2)16-21-22-17(27)23(16)20-8-10-5-11(18)7-12(19)15(10)24/h3-8,24H,1-2H3,(H,22,27)/b20-8+. The highest BCUT2D eigenvalue weighted by Crippen LogP contribution is 2.31. The third-order valence-corrected chi connectivity index (χ3v) is 5.37. The second kappa shape index (κ2) is 8.56. The highest BCUT2D eigenvalue weighted by Gasteiger charge is 2.13. The van der Waals surface area contributed by atoms with Crippen LogP contribution in [0.15, 0.2) is 35.4 Å². The molecule has 0 aliphatic rings. The molecule has 0 spiro atoms. The summed E-state index contributed by atoms with van der Waals surface area (Å²) in [5, 5.41) is 21.6. The second-order valence-electron chi connectivity index (χ2n) is 5.30. The van der Waals surface area contributed by atoms with Gasteiger partial charge in [-0.15, -0.1) is 0 Å². The number of benzene rings is 2. The number of hydrogen-bond acceptors (Lipinski definition) is 6. The van der Waals surface area contributed by atoms with E-state index in [-0.39, 0.29) is 5.75 Å². The summed E-state index contributed by atoms with van der Waals surface area (Å²) in [6.45, 7) is 0. The van der Waals surface area contributed by atoms with Crippen molar-refractivity contribution in [1.29, 1.82) is 0 Å². The minimum Gasteiger partial charge on any atom is -0.506 e. The highest BCUT2D eigenvalue weighted by atomic mass is 127. The lowest BCUT2D eigenvalue weighted by atomic mass is 10.2. The van der Waals surface area contributed by atoms with Crippen LogP contribution in [0, 0.1) is 11.9 Å². The average molecular weight is 608 g/mol. The highest BCUT2D eigenvalue weighted by molar-refractivity contribution is 14.1. The molecule has 3 aromatic rings. The minimum atomic E-state index is 0.169. The molecule has 27 heavy (non-hydrogen) atoms. The molecule has 0 amide bonds. The molecule has 0 saturated heterocycles. The summed E-state index contributed by atoms with van der Waals surface area (Å²) in [4.78, 5) is 0. The lowest BCUT2D eigenvalue weighted by Gasteiger charge is -2.09. The normalized spacial score (nSPS) is 11.1. The summed E-state index contributed by atoms with van der Waals surface area (Å²) in [6.07, 6.45) is 1.55. The number of nitrogens with one attached hydrogen (secondary N) is 1. The van der Waals surface area contributed by atoms with Gasteiger partial charge in [-0.25, -0.2) is 5.10 Å². The predicted octanol–water partition coefficient (Wildman–Crippen LogP) is 4.42. The van der Waals surface area contributed by atoms with Gasteiger partial charge in [-0.1, -0.05) is 0 Å². The molecule has 1 heterocycles. The maximum absolute atomic E-state index is 10.2. The number of ether oxygens (including phenoxy) is 2. The van der Waals surface area contributed by atoms with Crippen molar-refractivity contribution in [2.24, 2.45) is 5.10 Å². The van der Waals surface area contributed by atoms with Crippen molar-refractivity contribution in [2.45, 2.75) is 0 Å². The third kappa shape index (κ3) is 4.27. The number of phenolic OH excluding ortho intramolecular Hbond substituents is 1. The molecule has 140 valence electrons. The van der Waals surface area contributed by atoms with Gasteiger partial charge in [-0.3, -0.25) is 0 Å². The van der Waals surface area contributed by atoms with Gasteiger partial charge in [0, 0.05) is 14.7 Å². The molecule has 0 saturated carbocycles. The van der Waals surface area contributed by atoms with Gasteiger partial charge >= 0.3 is 0 Å². The van der Waals surface area contributed by atoms with E-state index in [9.17, 15) is 5.11 Å². The molecule has 0 unspecified atom stereocenters. The van der Waals surface area contributed by atoms with Gasteiger partial charge in [0.05, 0.1) is 24.0 Å². The van der Waals surface area contributed by atoms with Crippen molar-refractivity contribution in [3.8, 4) is 28.6 Å². The summed E-state index contributed by atoms with van der Waals surface area (Å²) >= 11 is 9.56. The SMILES string of the molecule is COc1ccc(-c2n[nH]c(=S)n2/N=C/c2cc(I)cc(I)c2O)cc1OC. The molecule has 7 nitrogen and oxygen atoms in total. The first kappa shape index (κ1) is 20.1. The Bertz CT molecular complexity index is 1080. The summed E-state index contributed by atoms with van der Waals surface area (Å²) in [5.74, 6) is 1.87. The Kier molecular flexibility index (Phi) is 6.37. The van der Waals surface area contributed by atoms with E-state index in [1.165, 1.54) is 4.68 Å². The van der Waals surface area contributed by atoms with Crippen LogP contribution in [0.2, 0.25) is 0 Å². The Labute approximate surface area is 187 Å². The molecule has 0 aliphatic carbocycles. The first-order valence-electron chi connectivity index (χ1n) is 7.56. The Morgan fingerprint density at radius 2 is 1.93 bits per heavy atom. The molecule has 0 aliphatic heterocycles. The zero-order valence-electron chi connectivity index (χ0n) is 14.2. The average Bonchev–Trinajstić information content (AvgIpc) is 3.03. The molecule has 0 bridgehead atoms. The molecule has 0 fully saturated rings. The van der Waals surface area contributed by atoms with Crippen LogP contribution >= 0.6 is 57.4 Å². The van der Waals surface area contributed by atoms with E-state index in [0.717, 1.165) is 12.7 Å². The first-order chi connectivity index (χ1) is 12.9. The summed E-state index contributed by atoms with van der Waals surface area (Å²) < 4.78 is 14.2. The molecule has 2 N–H and O–H groups in total. The van der Waals surface area contributed by atoms with Crippen LogP contribution in [0.4, 0.5) is 0 Å². The van der Waals surface area contributed by atoms with Crippen molar-refractivity contribution in [1.82, 2.24) is 14.9 Å². The third-order valence-electron chi connectivity index (χ3n) is 3.66. The van der Waals surface area contributed by atoms with Gasteiger partial charge in [0.2, 0.25) is 4.77 Å². The van der Waals surface area contributed by atoms with E-state index in [4.69, 9.17) is 21.7 Å². The largest absolute Gasteiger partial charge is 0.506 e. The number of aromatic nitrogens is 3. The number of nitrogens with zero attached hydrogens (tertiary/aromatic N) is 3. The second-order valence-corrected chi connectivity index (χ2v) is 8.10. The van der Waals surface area contributed by atoms with Crippen molar-refractivity contribution >= 4 is 63.6 Å². The van der Waals surface area contributed by atoms with Crippen LogP contribution in [-0.4, -0.2) is 40.4 Å². The number of halogens is 2. The smallest absolute Gasteiger partial charge is 0.216 e. The number of methoxy groups -OCH3 is 2. The number of hydrogen-bond donors (Lipinski definition) is 2. The Balaban J connectivity index is 2.05. The maximum Gasteiger partial charge on any atom is 0.216 e. The topological polar surface area (TPSA) is 84.7 Å². The number of H-pyrrole nitrogens is 1. The van der Waals surface area contributed by atoms with E-state index in [1.807, 2.05) is 18.2 Å². The minimum absolute atomic E-state index is 0.169. The van der Waals surface area contributed by atoms with Crippen molar-refractivity contribution in [2.75, 3.05) is 14.2 Å². The number of aromatic amines is 1. The lowest BCUT2D eigenvalue weighted by Crippen LogP contribution is -1.97. The monoisotopic (exact) mass is 608 g/mol. The quantitative estimate of drug-likeness (QED) is 0.255. The van der Waals surface area contributed by atoms with Crippen LogP contribution in [-0.2, 0) is 0 Å². The van der Waals surface area contributed by atoms with Crippen molar-refractivity contribution in [3.05, 3.63) is 47.8 Å². The van der Waals surface area contributed by atoms with Gasteiger partial charge in [0.1, 0.15) is 5.75 Å². The molecule has 2 aromatic carbocycles. The number of rotatable bonds is 5. The van der Waals surface area contributed by atoms with E-state index in [2.05, 4.69) is 60.5 Å². The van der Waals surface area contributed by atoms with E-state index < -0.39 is 0 Å². The molecule has 0 radical (unpaired) electrons. The van der Waals surface area contributed by atoms with Crippen molar-refractivity contribution in [3.63, 3.8) is 0 Å². The summed E-state index contributed by atoms with van der Waals surface area (Å²) in [6, 6.07) is 9.13. The van der Waals surface area contributed by atoms with Crippen LogP contribution in [0.25, 0.3) is 11.4 Å². The fourth-order valence-corrected chi connectivity index (χ4v) is 4.43. The van der Waals surface area contributed by atoms with Crippen LogP contribution in [0.1, 0.15) is 5.56 Å². The summed E-state index contributed by atoms with van der Waals surface area (Å²) in [5.41, 5.74) is 1.34. The Morgan fingerprint density at radius 3 is 2.63 bits per heavy atom. The lowest BCUT2D eigenvalue weighted by molar-refractivity contribution is 0.355. The van der Waals surface area contributed by atoms with Crippen molar-refractivity contribution < 1.29 is 14.6 Å². The number of aromatic hydroxyl groups is 1. The van der Waals surface area contributed by atoms with Gasteiger partial charge in [-0.05, 0) is 87.7 Å². The van der Waals surface area contributed by atoms with E-state index in [0.29, 0.717) is 27.7 Å². The van der Waals surface area contributed by atoms with Crippen LogP contribution in [0.3, 0.4) is 0 Å².